The molecular weight excluding hydrogens is 440 g/mol. The van der Waals surface area contributed by atoms with Gasteiger partial charge in [-0.15, -0.1) is 0 Å². The van der Waals surface area contributed by atoms with Gasteiger partial charge < -0.3 is 10.1 Å². The molecule has 0 saturated carbocycles. The molecule has 0 bridgehead atoms. The van der Waals surface area contributed by atoms with E-state index in [0.29, 0.717) is 10.7 Å². The molecule has 0 aliphatic heterocycles. The third-order valence-corrected chi connectivity index (χ3v) is 5.59. The quantitative estimate of drug-likeness (QED) is 0.286. The highest BCUT2D eigenvalue weighted by atomic mass is 35.5. The van der Waals surface area contributed by atoms with Crippen LogP contribution in [0, 0.1) is 17.0 Å². The van der Waals surface area contributed by atoms with Crippen LogP contribution in [0.25, 0.3) is 0 Å². The Morgan fingerprint density at radius 3 is 2.48 bits per heavy atom. The standard InChI is InChI=1S/C22H17ClN2O5S/c1-14-17(5-4-7-19(14)25(28)29)22(27)30-13-21(26)24-18-6-2-3-8-20(18)31-16-11-9-15(23)10-12-16/h2-12H,13H2,1H3,(H,24,26). The molecule has 7 nitrogen and oxygen atoms in total. The van der Waals surface area contributed by atoms with Crippen LogP contribution < -0.4 is 5.32 Å². The zero-order valence-corrected chi connectivity index (χ0v) is 17.9. The van der Waals surface area contributed by atoms with Crippen LogP contribution in [0.15, 0.2) is 76.5 Å². The number of para-hydroxylation sites is 1. The summed E-state index contributed by atoms with van der Waals surface area (Å²) in [6.07, 6.45) is 0. The van der Waals surface area contributed by atoms with Crippen molar-refractivity contribution in [3.8, 4) is 0 Å². The zero-order chi connectivity index (χ0) is 22.4. The molecule has 0 heterocycles. The topological polar surface area (TPSA) is 98.5 Å². The minimum atomic E-state index is -0.805. The first-order valence-corrected chi connectivity index (χ1v) is 10.3. The summed E-state index contributed by atoms with van der Waals surface area (Å²) in [5.74, 6) is -1.33. The van der Waals surface area contributed by atoms with Crippen molar-refractivity contribution in [2.45, 2.75) is 16.7 Å². The summed E-state index contributed by atoms with van der Waals surface area (Å²) in [5, 5.41) is 14.4. The number of carbonyl (C=O) groups is 2. The highest BCUT2D eigenvalue weighted by Gasteiger charge is 2.20. The largest absolute Gasteiger partial charge is 0.452 e. The molecule has 0 radical (unpaired) electrons. The van der Waals surface area contributed by atoms with Gasteiger partial charge in [0.1, 0.15) is 0 Å². The molecule has 0 aliphatic rings. The smallest absolute Gasteiger partial charge is 0.339 e. The van der Waals surface area contributed by atoms with E-state index in [9.17, 15) is 19.7 Å². The Morgan fingerprint density at radius 2 is 1.77 bits per heavy atom. The van der Waals surface area contributed by atoms with Gasteiger partial charge in [0.05, 0.1) is 16.2 Å². The Balaban J connectivity index is 1.64. The maximum absolute atomic E-state index is 12.3. The number of anilines is 1. The molecule has 1 N–H and O–H groups in total. The van der Waals surface area contributed by atoms with Crippen LogP contribution in [-0.2, 0) is 9.53 Å². The number of nitro groups is 1. The van der Waals surface area contributed by atoms with Crippen molar-refractivity contribution >= 4 is 46.6 Å². The van der Waals surface area contributed by atoms with E-state index in [4.69, 9.17) is 16.3 Å². The first-order chi connectivity index (χ1) is 14.8. The normalized spacial score (nSPS) is 10.4. The van der Waals surface area contributed by atoms with Gasteiger partial charge in [0.2, 0.25) is 0 Å². The maximum Gasteiger partial charge on any atom is 0.339 e. The third-order valence-electron chi connectivity index (χ3n) is 4.26. The van der Waals surface area contributed by atoms with E-state index in [1.807, 2.05) is 24.3 Å². The summed E-state index contributed by atoms with van der Waals surface area (Å²) in [5.41, 5.74) is 0.602. The molecule has 3 aromatic carbocycles. The van der Waals surface area contributed by atoms with Gasteiger partial charge in [-0.25, -0.2) is 4.79 Å². The van der Waals surface area contributed by atoms with Crippen molar-refractivity contribution in [3.63, 3.8) is 0 Å². The lowest BCUT2D eigenvalue weighted by atomic mass is 10.1. The molecule has 9 heteroatoms. The number of ether oxygens (including phenoxy) is 1. The number of amides is 1. The van der Waals surface area contributed by atoms with E-state index < -0.39 is 23.4 Å². The minimum absolute atomic E-state index is 0.0423. The first kappa shape index (κ1) is 22.3. The van der Waals surface area contributed by atoms with Gasteiger partial charge in [-0.05, 0) is 49.4 Å². The van der Waals surface area contributed by atoms with Gasteiger partial charge in [-0.1, -0.05) is 41.6 Å². The number of nitro benzene ring substituents is 1. The van der Waals surface area contributed by atoms with Crippen LogP contribution in [0.2, 0.25) is 5.02 Å². The molecule has 31 heavy (non-hydrogen) atoms. The number of hydrogen-bond acceptors (Lipinski definition) is 6. The Hall–Kier alpha value is -3.36. The lowest BCUT2D eigenvalue weighted by molar-refractivity contribution is -0.385. The average Bonchev–Trinajstić information content (AvgIpc) is 2.75. The number of esters is 1. The van der Waals surface area contributed by atoms with Gasteiger partial charge in [-0.3, -0.25) is 14.9 Å². The van der Waals surface area contributed by atoms with Crippen molar-refractivity contribution in [3.05, 3.63) is 93.0 Å². The third kappa shape index (κ3) is 5.84. The number of halogens is 1. The van der Waals surface area contributed by atoms with E-state index in [0.717, 1.165) is 9.79 Å². The summed E-state index contributed by atoms with van der Waals surface area (Å²) in [4.78, 5) is 36.8. The van der Waals surface area contributed by atoms with E-state index in [-0.39, 0.29) is 16.8 Å². The second-order valence-electron chi connectivity index (χ2n) is 6.38. The number of nitrogens with zero attached hydrogens (tertiary/aromatic N) is 1. The van der Waals surface area contributed by atoms with Crippen molar-refractivity contribution in [1.82, 2.24) is 0 Å². The van der Waals surface area contributed by atoms with Crippen LogP contribution in [0.3, 0.4) is 0 Å². The molecule has 3 aromatic rings. The second kappa shape index (κ2) is 10.1. The van der Waals surface area contributed by atoms with Gasteiger partial charge in [-0.2, -0.15) is 0 Å². The first-order valence-electron chi connectivity index (χ1n) is 9.08. The summed E-state index contributed by atoms with van der Waals surface area (Å²) in [7, 11) is 0. The predicted molar refractivity (Wildman–Crippen MR) is 119 cm³/mol. The van der Waals surface area contributed by atoms with Crippen LogP contribution in [0.1, 0.15) is 15.9 Å². The number of nitrogens with one attached hydrogen (secondary N) is 1. The van der Waals surface area contributed by atoms with Crippen molar-refractivity contribution in [2.24, 2.45) is 0 Å². The van der Waals surface area contributed by atoms with Crippen molar-refractivity contribution in [1.29, 1.82) is 0 Å². The van der Waals surface area contributed by atoms with Gasteiger partial charge >= 0.3 is 5.97 Å². The Bertz CT molecular complexity index is 1140. The Labute approximate surface area is 187 Å². The SMILES string of the molecule is Cc1c(C(=O)OCC(=O)Nc2ccccc2Sc2ccc(Cl)cc2)cccc1[N+](=O)[O-]. The molecule has 0 aliphatic carbocycles. The molecule has 0 spiro atoms. The Kier molecular flexibility index (Phi) is 7.28. The highest BCUT2D eigenvalue weighted by Crippen LogP contribution is 2.33. The molecule has 1 amide bonds. The monoisotopic (exact) mass is 456 g/mol. The summed E-state index contributed by atoms with van der Waals surface area (Å²) in [6, 6.07) is 18.6. The fourth-order valence-electron chi connectivity index (χ4n) is 2.73. The summed E-state index contributed by atoms with van der Waals surface area (Å²) < 4.78 is 5.05. The van der Waals surface area contributed by atoms with Gasteiger partial charge in [0.15, 0.2) is 6.61 Å². The van der Waals surface area contributed by atoms with E-state index in [1.165, 1.54) is 36.9 Å². The molecule has 0 fully saturated rings. The van der Waals surface area contributed by atoms with E-state index in [2.05, 4.69) is 5.32 Å². The van der Waals surface area contributed by atoms with Crippen LogP contribution >= 0.6 is 23.4 Å². The molecule has 158 valence electrons. The maximum atomic E-state index is 12.3. The number of rotatable bonds is 7. The number of carbonyl (C=O) groups excluding carboxylic acids is 2. The van der Waals surface area contributed by atoms with Crippen LogP contribution in [0.4, 0.5) is 11.4 Å². The fraction of sp³-hybridized carbons (Fsp3) is 0.0909. The minimum Gasteiger partial charge on any atom is -0.452 e. The van der Waals surface area contributed by atoms with Crippen molar-refractivity contribution in [2.75, 3.05) is 11.9 Å². The van der Waals surface area contributed by atoms with E-state index >= 15 is 0 Å². The van der Waals surface area contributed by atoms with Gasteiger partial charge in [0, 0.05) is 26.4 Å². The van der Waals surface area contributed by atoms with E-state index in [1.54, 1.807) is 24.3 Å². The molecular formula is C22H17ClN2O5S. The summed E-state index contributed by atoms with van der Waals surface area (Å²) in [6.45, 7) is 0.930. The van der Waals surface area contributed by atoms with Crippen molar-refractivity contribution < 1.29 is 19.2 Å². The highest BCUT2D eigenvalue weighted by molar-refractivity contribution is 7.99. The average molecular weight is 457 g/mol. The summed E-state index contributed by atoms with van der Waals surface area (Å²) >= 11 is 7.36. The number of hydrogen-bond donors (Lipinski definition) is 1. The molecule has 0 atom stereocenters. The molecule has 0 aromatic heterocycles. The van der Waals surface area contributed by atoms with Crippen LogP contribution in [-0.4, -0.2) is 23.4 Å². The zero-order valence-electron chi connectivity index (χ0n) is 16.3. The molecule has 0 saturated heterocycles. The Morgan fingerprint density at radius 1 is 1.06 bits per heavy atom. The fourth-order valence-corrected chi connectivity index (χ4v) is 3.75. The predicted octanol–water partition coefficient (Wildman–Crippen LogP) is 5.50. The molecule has 0 unspecified atom stereocenters. The number of benzene rings is 3. The second-order valence-corrected chi connectivity index (χ2v) is 7.94. The van der Waals surface area contributed by atoms with Crippen LogP contribution in [0.5, 0.6) is 0 Å². The lowest BCUT2D eigenvalue weighted by Crippen LogP contribution is -2.21. The molecule has 3 rings (SSSR count). The lowest BCUT2D eigenvalue weighted by Gasteiger charge is -2.11. The van der Waals surface area contributed by atoms with Gasteiger partial charge in [0.25, 0.3) is 11.6 Å².